The average Bonchev–Trinajstić information content (AvgIpc) is 3.28. The van der Waals surface area contributed by atoms with Crippen LogP contribution in [0.2, 0.25) is 10.0 Å². The molecule has 0 radical (unpaired) electrons. The Morgan fingerprint density at radius 2 is 1.94 bits per heavy atom. The van der Waals surface area contributed by atoms with Crippen LogP contribution >= 0.6 is 23.2 Å². The van der Waals surface area contributed by atoms with Crippen LogP contribution in [0.1, 0.15) is 44.2 Å². The molecule has 180 valence electrons. The second kappa shape index (κ2) is 11.2. The summed E-state index contributed by atoms with van der Waals surface area (Å²) in [6.45, 7) is 6.70. The van der Waals surface area contributed by atoms with E-state index in [9.17, 15) is 4.79 Å². The minimum atomic E-state index is -0.0577. The van der Waals surface area contributed by atoms with Gasteiger partial charge in [0, 0.05) is 16.5 Å². The third-order valence-corrected chi connectivity index (χ3v) is 6.56. The molecule has 1 aliphatic heterocycles. The van der Waals surface area contributed by atoms with E-state index in [1.54, 1.807) is 18.2 Å². The van der Waals surface area contributed by atoms with Crippen LogP contribution in [-0.2, 0) is 11.3 Å². The molecule has 3 aromatic rings. The predicted octanol–water partition coefficient (Wildman–Crippen LogP) is 5.53. The summed E-state index contributed by atoms with van der Waals surface area (Å²) in [6, 6.07) is 13.0. The summed E-state index contributed by atoms with van der Waals surface area (Å²) in [5, 5.41) is 8.23. The molecule has 1 unspecified atom stereocenters. The number of halogens is 2. The zero-order valence-corrected chi connectivity index (χ0v) is 20.8. The standard InChI is InChI=1S/C25H28Cl2N4O3/c1-3-33-20-7-4-17(5-8-20)16(2)28-25(32)18-10-12-31(13-11-18)15-23-29-24(30-34-23)21-9-6-19(26)14-22(21)27/h4-9,14,16,18H,3,10-13,15H2,1-2H3,(H,28,32). The van der Waals surface area contributed by atoms with Crippen molar-refractivity contribution in [1.82, 2.24) is 20.4 Å². The molecule has 2 aromatic carbocycles. The smallest absolute Gasteiger partial charge is 0.241 e. The molecule has 1 fully saturated rings. The number of nitrogens with zero attached hydrogens (tertiary/aromatic N) is 3. The molecule has 9 heteroatoms. The lowest BCUT2D eigenvalue weighted by molar-refractivity contribution is -0.127. The fraction of sp³-hybridized carbons (Fsp3) is 0.400. The summed E-state index contributed by atoms with van der Waals surface area (Å²) in [6.07, 6.45) is 1.57. The van der Waals surface area contributed by atoms with Crippen molar-refractivity contribution in [3.63, 3.8) is 0 Å². The molecule has 0 bridgehead atoms. The lowest BCUT2D eigenvalue weighted by atomic mass is 9.95. The summed E-state index contributed by atoms with van der Waals surface area (Å²) in [5.41, 5.74) is 1.74. The maximum Gasteiger partial charge on any atom is 0.241 e. The van der Waals surface area contributed by atoms with Crippen molar-refractivity contribution < 1.29 is 14.1 Å². The number of carbonyl (C=O) groups excluding carboxylic acids is 1. The molecule has 1 saturated heterocycles. The molecule has 0 saturated carbocycles. The largest absolute Gasteiger partial charge is 0.494 e. The van der Waals surface area contributed by atoms with Crippen molar-refractivity contribution >= 4 is 29.1 Å². The van der Waals surface area contributed by atoms with Crippen LogP contribution in [0.15, 0.2) is 47.0 Å². The maximum atomic E-state index is 12.8. The van der Waals surface area contributed by atoms with Gasteiger partial charge in [-0.25, -0.2) is 0 Å². The van der Waals surface area contributed by atoms with E-state index in [4.69, 9.17) is 32.5 Å². The van der Waals surface area contributed by atoms with E-state index in [2.05, 4.69) is 20.4 Å². The van der Waals surface area contributed by atoms with E-state index in [1.807, 2.05) is 38.1 Å². The Labute approximate surface area is 209 Å². The number of benzene rings is 2. The van der Waals surface area contributed by atoms with E-state index < -0.39 is 0 Å². The van der Waals surface area contributed by atoms with Gasteiger partial charge in [0.1, 0.15) is 5.75 Å². The van der Waals surface area contributed by atoms with Gasteiger partial charge in [0.2, 0.25) is 17.6 Å². The number of nitrogens with one attached hydrogen (secondary N) is 1. The van der Waals surface area contributed by atoms with Crippen molar-refractivity contribution in [3.05, 3.63) is 64.0 Å². The molecular weight excluding hydrogens is 475 g/mol. The Kier molecular flexibility index (Phi) is 8.08. The summed E-state index contributed by atoms with van der Waals surface area (Å²) in [5.74, 6) is 1.88. The molecule has 2 heterocycles. The van der Waals surface area contributed by atoms with Crippen molar-refractivity contribution in [2.75, 3.05) is 19.7 Å². The third kappa shape index (κ3) is 6.09. The Bertz CT molecular complexity index is 1110. The topological polar surface area (TPSA) is 80.5 Å². The van der Waals surface area contributed by atoms with Gasteiger partial charge in [-0.1, -0.05) is 40.5 Å². The quantitative estimate of drug-likeness (QED) is 0.435. The molecule has 1 aromatic heterocycles. The number of likely N-dealkylation sites (tertiary alicyclic amines) is 1. The Hall–Kier alpha value is -2.61. The number of amides is 1. The average molecular weight is 503 g/mol. The zero-order chi connectivity index (χ0) is 24.1. The first kappa shape index (κ1) is 24.5. The molecule has 1 aliphatic rings. The SMILES string of the molecule is CCOc1ccc(C(C)NC(=O)C2CCN(Cc3nc(-c4ccc(Cl)cc4Cl)no3)CC2)cc1. The van der Waals surface area contributed by atoms with Crippen molar-refractivity contribution in [3.8, 4) is 17.1 Å². The molecule has 0 spiro atoms. The first-order valence-corrected chi connectivity index (χ1v) is 12.2. The summed E-state index contributed by atoms with van der Waals surface area (Å²) in [7, 11) is 0. The van der Waals surface area contributed by atoms with Crippen LogP contribution in [0.4, 0.5) is 0 Å². The molecule has 1 N–H and O–H groups in total. The number of aromatic nitrogens is 2. The van der Waals surface area contributed by atoms with Gasteiger partial charge < -0.3 is 14.6 Å². The minimum absolute atomic E-state index is 0.00693. The highest BCUT2D eigenvalue weighted by atomic mass is 35.5. The first-order chi connectivity index (χ1) is 16.4. The summed E-state index contributed by atoms with van der Waals surface area (Å²) in [4.78, 5) is 19.5. The Balaban J connectivity index is 1.26. The zero-order valence-electron chi connectivity index (χ0n) is 19.3. The molecule has 34 heavy (non-hydrogen) atoms. The number of piperidine rings is 1. The van der Waals surface area contributed by atoms with Crippen LogP contribution < -0.4 is 10.1 Å². The number of hydrogen-bond acceptors (Lipinski definition) is 6. The molecule has 7 nitrogen and oxygen atoms in total. The fourth-order valence-electron chi connectivity index (χ4n) is 4.08. The van der Waals surface area contributed by atoms with E-state index in [0.717, 1.165) is 37.2 Å². The number of carbonyl (C=O) groups is 1. The van der Waals surface area contributed by atoms with Crippen molar-refractivity contribution in [1.29, 1.82) is 0 Å². The third-order valence-electron chi connectivity index (χ3n) is 6.01. The fourth-order valence-corrected chi connectivity index (χ4v) is 4.57. The van der Waals surface area contributed by atoms with Crippen LogP contribution in [0.25, 0.3) is 11.4 Å². The lowest BCUT2D eigenvalue weighted by Crippen LogP contribution is -2.40. The second-order valence-electron chi connectivity index (χ2n) is 8.42. The van der Waals surface area contributed by atoms with Crippen LogP contribution in [0, 0.1) is 5.92 Å². The Morgan fingerprint density at radius 1 is 1.21 bits per heavy atom. The summed E-state index contributed by atoms with van der Waals surface area (Å²) >= 11 is 12.2. The van der Waals surface area contributed by atoms with Crippen LogP contribution in [-0.4, -0.2) is 40.6 Å². The highest BCUT2D eigenvalue weighted by Crippen LogP contribution is 2.29. The van der Waals surface area contributed by atoms with Gasteiger partial charge in [-0.05, 0) is 75.7 Å². The summed E-state index contributed by atoms with van der Waals surface area (Å²) < 4.78 is 10.9. The van der Waals surface area contributed by atoms with Crippen LogP contribution in [0.3, 0.4) is 0 Å². The highest BCUT2D eigenvalue weighted by Gasteiger charge is 2.27. The maximum absolute atomic E-state index is 12.8. The molecule has 4 rings (SSSR count). The van der Waals surface area contributed by atoms with Crippen LogP contribution in [0.5, 0.6) is 5.75 Å². The second-order valence-corrected chi connectivity index (χ2v) is 9.26. The monoisotopic (exact) mass is 502 g/mol. The van der Waals surface area contributed by atoms with Gasteiger partial charge >= 0.3 is 0 Å². The van der Waals surface area contributed by atoms with Gasteiger partial charge in [0.05, 0.1) is 24.2 Å². The van der Waals surface area contributed by atoms with Crippen molar-refractivity contribution in [2.45, 2.75) is 39.3 Å². The molecular formula is C25H28Cl2N4O3. The van der Waals surface area contributed by atoms with E-state index in [1.165, 1.54) is 0 Å². The number of ether oxygens (including phenoxy) is 1. The van der Waals surface area contributed by atoms with Gasteiger partial charge in [0.25, 0.3) is 0 Å². The molecule has 1 atom stereocenters. The molecule has 0 aliphatic carbocycles. The first-order valence-electron chi connectivity index (χ1n) is 11.5. The highest BCUT2D eigenvalue weighted by molar-refractivity contribution is 6.36. The predicted molar refractivity (Wildman–Crippen MR) is 132 cm³/mol. The normalized spacial score (nSPS) is 15.8. The minimum Gasteiger partial charge on any atom is -0.494 e. The van der Waals surface area contributed by atoms with Gasteiger partial charge in [-0.15, -0.1) is 0 Å². The van der Waals surface area contributed by atoms with Gasteiger partial charge in [-0.2, -0.15) is 4.98 Å². The number of rotatable bonds is 8. The van der Waals surface area contributed by atoms with E-state index >= 15 is 0 Å². The van der Waals surface area contributed by atoms with E-state index in [-0.39, 0.29) is 17.9 Å². The lowest BCUT2D eigenvalue weighted by Gasteiger charge is -2.30. The Morgan fingerprint density at radius 3 is 2.62 bits per heavy atom. The number of hydrogen-bond donors (Lipinski definition) is 1. The van der Waals surface area contributed by atoms with Crippen molar-refractivity contribution in [2.24, 2.45) is 5.92 Å². The van der Waals surface area contributed by atoms with Gasteiger partial charge in [-0.3, -0.25) is 9.69 Å². The van der Waals surface area contributed by atoms with E-state index in [0.29, 0.717) is 40.5 Å². The molecule has 1 amide bonds. The van der Waals surface area contributed by atoms with Gasteiger partial charge in [0.15, 0.2) is 0 Å².